The van der Waals surface area contributed by atoms with Crippen LogP contribution in [0.1, 0.15) is 24.0 Å². The van der Waals surface area contributed by atoms with Crippen LogP contribution < -0.4 is 5.32 Å². The van der Waals surface area contributed by atoms with Gasteiger partial charge >= 0.3 is 0 Å². The predicted octanol–water partition coefficient (Wildman–Crippen LogP) is 2.90. The zero-order chi connectivity index (χ0) is 11.5. The molecular weight excluding hydrogens is 222 g/mol. The number of hydrogen-bond acceptors (Lipinski definition) is 2. The molecular formula is C13H18ClNO. The Balaban J connectivity index is 2.13. The number of nitrogens with one attached hydrogen (secondary N) is 1. The van der Waals surface area contributed by atoms with E-state index in [-0.39, 0.29) is 5.75 Å². The molecule has 0 unspecified atom stereocenters. The molecule has 0 saturated carbocycles. The Hall–Kier alpha value is -0.730. The van der Waals surface area contributed by atoms with Crippen LogP contribution in [0.3, 0.4) is 0 Å². The number of benzene rings is 1. The highest BCUT2D eigenvalue weighted by molar-refractivity contribution is 6.32. The minimum absolute atomic E-state index is 0.214. The molecule has 0 amide bonds. The number of piperidine rings is 1. The number of hydrogen-bond donors (Lipinski definition) is 2. The lowest BCUT2D eigenvalue weighted by Crippen LogP contribution is -2.28. The summed E-state index contributed by atoms with van der Waals surface area (Å²) in [5.74, 6) is 0.908. The van der Waals surface area contributed by atoms with Gasteiger partial charge in [0.25, 0.3) is 0 Å². The summed E-state index contributed by atoms with van der Waals surface area (Å²) >= 11 is 6.12. The van der Waals surface area contributed by atoms with Crippen LogP contribution in [0.25, 0.3) is 0 Å². The van der Waals surface area contributed by atoms with Crippen molar-refractivity contribution >= 4 is 11.6 Å². The number of halogens is 1. The molecule has 1 saturated heterocycles. The maximum atomic E-state index is 9.67. The fourth-order valence-electron chi connectivity index (χ4n) is 2.37. The molecule has 3 heteroatoms. The molecule has 0 radical (unpaired) electrons. The van der Waals surface area contributed by atoms with Gasteiger partial charge in [0.2, 0.25) is 0 Å². The zero-order valence-corrected chi connectivity index (χ0v) is 10.3. The van der Waals surface area contributed by atoms with E-state index in [9.17, 15) is 5.11 Å². The third-order valence-electron chi connectivity index (χ3n) is 3.24. The first-order valence-corrected chi connectivity index (χ1v) is 6.23. The second-order valence-corrected chi connectivity index (χ2v) is 5.03. The van der Waals surface area contributed by atoms with E-state index in [4.69, 9.17) is 11.6 Å². The van der Waals surface area contributed by atoms with Gasteiger partial charge in [-0.3, -0.25) is 0 Å². The molecule has 0 spiro atoms. The average molecular weight is 240 g/mol. The molecule has 1 aliphatic heterocycles. The Morgan fingerprint density at radius 1 is 1.38 bits per heavy atom. The Labute approximate surface area is 102 Å². The summed E-state index contributed by atoms with van der Waals surface area (Å²) in [6.45, 7) is 4.18. The predicted molar refractivity (Wildman–Crippen MR) is 67.2 cm³/mol. The molecule has 0 bridgehead atoms. The van der Waals surface area contributed by atoms with E-state index in [0.29, 0.717) is 10.9 Å². The number of aromatic hydroxyl groups is 1. The second kappa shape index (κ2) is 5.07. The maximum absolute atomic E-state index is 9.67. The van der Waals surface area contributed by atoms with Crippen molar-refractivity contribution in [1.29, 1.82) is 0 Å². The van der Waals surface area contributed by atoms with Crippen molar-refractivity contribution in [3.63, 3.8) is 0 Å². The minimum Gasteiger partial charge on any atom is -0.506 e. The molecule has 0 aliphatic carbocycles. The van der Waals surface area contributed by atoms with Crippen molar-refractivity contribution in [1.82, 2.24) is 5.32 Å². The van der Waals surface area contributed by atoms with Crippen LogP contribution >= 0.6 is 11.6 Å². The molecule has 2 rings (SSSR count). The van der Waals surface area contributed by atoms with Gasteiger partial charge in [0.05, 0.1) is 5.02 Å². The largest absolute Gasteiger partial charge is 0.506 e. The van der Waals surface area contributed by atoms with Gasteiger partial charge in [-0.1, -0.05) is 17.7 Å². The first-order valence-electron chi connectivity index (χ1n) is 5.85. The van der Waals surface area contributed by atoms with Crippen LogP contribution in [-0.2, 0) is 6.42 Å². The molecule has 1 heterocycles. The molecule has 88 valence electrons. The van der Waals surface area contributed by atoms with E-state index in [1.807, 2.05) is 6.92 Å². The van der Waals surface area contributed by atoms with Crippen molar-refractivity contribution in [2.45, 2.75) is 26.2 Å². The molecule has 16 heavy (non-hydrogen) atoms. The topological polar surface area (TPSA) is 32.3 Å². The maximum Gasteiger partial charge on any atom is 0.134 e. The standard InChI is InChI=1S/C13H18ClNO/c1-9-6-11(13(14)12(16)7-9)8-10-2-4-15-5-3-10/h6-7,10,15-16H,2-5,8H2,1H3. The number of phenols is 1. The Bertz CT molecular complexity index is 372. The fraction of sp³-hybridized carbons (Fsp3) is 0.538. The molecule has 1 aromatic carbocycles. The van der Waals surface area contributed by atoms with Crippen molar-refractivity contribution in [3.8, 4) is 5.75 Å². The zero-order valence-electron chi connectivity index (χ0n) is 9.59. The van der Waals surface area contributed by atoms with Crippen LogP contribution in [0.15, 0.2) is 12.1 Å². The van der Waals surface area contributed by atoms with Crippen molar-refractivity contribution in [3.05, 3.63) is 28.3 Å². The highest BCUT2D eigenvalue weighted by Crippen LogP contribution is 2.31. The molecule has 2 N–H and O–H groups in total. The smallest absolute Gasteiger partial charge is 0.134 e. The number of rotatable bonds is 2. The quantitative estimate of drug-likeness (QED) is 0.832. The fourth-order valence-corrected chi connectivity index (χ4v) is 2.55. The lowest BCUT2D eigenvalue weighted by Gasteiger charge is -2.23. The van der Waals surface area contributed by atoms with Crippen molar-refractivity contribution in [2.24, 2.45) is 5.92 Å². The molecule has 1 fully saturated rings. The Morgan fingerprint density at radius 2 is 2.06 bits per heavy atom. The van der Waals surface area contributed by atoms with E-state index in [0.717, 1.165) is 30.6 Å². The summed E-state index contributed by atoms with van der Waals surface area (Å²) < 4.78 is 0. The monoisotopic (exact) mass is 239 g/mol. The average Bonchev–Trinajstić information content (AvgIpc) is 2.27. The molecule has 0 atom stereocenters. The van der Waals surface area contributed by atoms with Crippen LogP contribution in [0.5, 0.6) is 5.75 Å². The molecule has 0 aromatic heterocycles. The Morgan fingerprint density at radius 3 is 2.75 bits per heavy atom. The van der Waals surface area contributed by atoms with Gasteiger partial charge in [0, 0.05) is 0 Å². The second-order valence-electron chi connectivity index (χ2n) is 4.65. The summed E-state index contributed by atoms with van der Waals surface area (Å²) in [6.07, 6.45) is 3.38. The lowest BCUT2D eigenvalue weighted by atomic mass is 9.90. The van der Waals surface area contributed by atoms with Crippen LogP contribution in [0.4, 0.5) is 0 Å². The van der Waals surface area contributed by atoms with Gasteiger partial charge in [-0.15, -0.1) is 0 Å². The van der Waals surface area contributed by atoms with E-state index >= 15 is 0 Å². The molecule has 1 aliphatic rings. The first kappa shape index (κ1) is 11.7. The van der Waals surface area contributed by atoms with E-state index < -0.39 is 0 Å². The van der Waals surface area contributed by atoms with Gasteiger partial charge in [-0.25, -0.2) is 0 Å². The highest BCUT2D eigenvalue weighted by atomic mass is 35.5. The third-order valence-corrected chi connectivity index (χ3v) is 3.68. The Kier molecular flexibility index (Phi) is 3.72. The SMILES string of the molecule is Cc1cc(O)c(Cl)c(CC2CCNCC2)c1. The van der Waals surface area contributed by atoms with E-state index in [2.05, 4.69) is 11.4 Å². The minimum atomic E-state index is 0.214. The summed E-state index contributed by atoms with van der Waals surface area (Å²) in [7, 11) is 0. The van der Waals surface area contributed by atoms with Gasteiger partial charge in [0.1, 0.15) is 5.75 Å². The summed E-state index contributed by atoms with van der Waals surface area (Å²) in [5, 5.41) is 13.6. The van der Waals surface area contributed by atoms with E-state index in [1.54, 1.807) is 6.07 Å². The first-order chi connectivity index (χ1) is 7.66. The lowest BCUT2D eigenvalue weighted by molar-refractivity contribution is 0.372. The van der Waals surface area contributed by atoms with Gasteiger partial charge in [-0.05, 0) is 62.4 Å². The van der Waals surface area contributed by atoms with Crippen LogP contribution in [0, 0.1) is 12.8 Å². The number of aryl methyl sites for hydroxylation is 1. The third kappa shape index (κ3) is 2.69. The summed E-state index contributed by atoms with van der Waals surface area (Å²) in [6, 6.07) is 3.80. The van der Waals surface area contributed by atoms with Crippen molar-refractivity contribution < 1.29 is 5.11 Å². The van der Waals surface area contributed by atoms with Gasteiger partial charge in [0.15, 0.2) is 0 Å². The number of phenolic OH excluding ortho intramolecular Hbond substituents is 1. The van der Waals surface area contributed by atoms with E-state index in [1.165, 1.54) is 12.8 Å². The van der Waals surface area contributed by atoms with Crippen molar-refractivity contribution in [2.75, 3.05) is 13.1 Å². The van der Waals surface area contributed by atoms with Gasteiger partial charge in [-0.2, -0.15) is 0 Å². The molecule has 2 nitrogen and oxygen atoms in total. The normalized spacial score (nSPS) is 17.6. The van der Waals surface area contributed by atoms with Gasteiger partial charge < -0.3 is 10.4 Å². The summed E-state index contributed by atoms with van der Waals surface area (Å²) in [5.41, 5.74) is 2.16. The molecule has 1 aromatic rings. The van der Waals surface area contributed by atoms with Crippen LogP contribution in [0.2, 0.25) is 5.02 Å². The highest BCUT2D eigenvalue weighted by Gasteiger charge is 2.16. The van der Waals surface area contributed by atoms with Crippen LogP contribution in [-0.4, -0.2) is 18.2 Å². The summed E-state index contributed by atoms with van der Waals surface area (Å²) in [4.78, 5) is 0.